The highest BCUT2D eigenvalue weighted by Crippen LogP contribution is 2.43. The Balaban J connectivity index is 1.97. The van der Waals surface area contributed by atoms with Gasteiger partial charge in [0.25, 0.3) is 11.8 Å². The van der Waals surface area contributed by atoms with Gasteiger partial charge in [0.1, 0.15) is 17.3 Å². The summed E-state index contributed by atoms with van der Waals surface area (Å²) in [5.74, 6) is -1.77. The molecule has 7 heteroatoms. The molecule has 0 aromatic heterocycles. The number of halogens is 2. The van der Waals surface area contributed by atoms with Crippen molar-refractivity contribution in [2.45, 2.75) is 46.6 Å². The molecular formula is C25H31F2N3O2. The number of carbonyl (C=O) groups excluding carboxylic acids is 2. The molecule has 2 aliphatic rings. The summed E-state index contributed by atoms with van der Waals surface area (Å²) < 4.78 is 27.2. The van der Waals surface area contributed by atoms with Gasteiger partial charge in [-0.15, -0.1) is 0 Å². The molecule has 2 aliphatic heterocycles. The van der Waals surface area contributed by atoms with E-state index in [4.69, 9.17) is 0 Å². The number of nitrogens with zero attached hydrogens (tertiary/aromatic N) is 2. The molecule has 1 aromatic rings. The van der Waals surface area contributed by atoms with Crippen LogP contribution in [0.5, 0.6) is 0 Å². The van der Waals surface area contributed by atoms with Crippen LogP contribution in [-0.2, 0) is 16.1 Å². The molecule has 172 valence electrons. The van der Waals surface area contributed by atoms with Crippen molar-refractivity contribution < 1.29 is 18.4 Å². The Morgan fingerprint density at radius 1 is 1.28 bits per heavy atom. The van der Waals surface area contributed by atoms with Crippen molar-refractivity contribution in [2.24, 2.45) is 5.92 Å². The number of fused-ring (bicyclic) bond motifs is 1. The number of likely N-dealkylation sites (N-methyl/N-ethyl adjacent to an activating group) is 1. The fourth-order valence-corrected chi connectivity index (χ4v) is 4.27. The molecule has 0 aliphatic carbocycles. The van der Waals surface area contributed by atoms with E-state index < -0.39 is 11.6 Å². The van der Waals surface area contributed by atoms with Crippen LogP contribution in [0, 0.1) is 17.6 Å². The monoisotopic (exact) mass is 443 g/mol. The Hall–Kier alpha value is -2.96. The number of rotatable bonds is 7. The molecule has 1 saturated heterocycles. The van der Waals surface area contributed by atoms with Crippen LogP contribution in [0.3, 0.4) is 0 Å². The molecule has 2 amide bonds. The molecular weight excluding hydrogens is 412 g/mol. The zero-order chi connectivity index (χ0) is 23.6. The molecule has 1 unspecified atom stereocenters. The van der Waals surface area contributed by atoms with Gasteiger partial charge in [0.05, 0.1) is 5.57 Å². The molecule has 3 rings (SSSR count). The van der Waals surface area contributed by atoms with E-state index in [0.29, 0.717) is 36.4 Å². The summed E-state index contributed by atoms with van der Waals surface area (Å²) in [6.45, 7) is 11.4. The van der Waals surface area contributed by atoms with Crippen LogP contribution < -0.4 is 5.32 Å². The van der Waals surface area contributed by atoms with Crippen LogP contribution in [0.2, 0.25) is 0 Å². The first-order valence-electron chi connectivity index (χ1n) is 11.1. The van der Waals surface area contributed by atoms with E-state index in [0.717, 1.165) is 36.2 Å². The molecule has 0 bridgehead atoms. The second-order valence-electron chi connectivity index (χ2n) is 8.36. The first-order chi connectivity index (χ1) is 15.2. The topological polar surface area (TPSA) is 52.7 Å². The van der Waals surface area contributed by atoms with Gasteiger partial charge in [-0.05, 0) is 49.3 Å². The van der Waals surface area contributed by atoms with E-state index in [9.17, 15) is 18.4 Å². The maximum atomic E-state index is 14.0. The standard InChI is InChI=1S/C25H31F2N3O2/c1-6-15(3)21-16(4)22(24(31)28-14-17-10-11-18(26)13-19(17)27)20-9-8-12-30(20)23(21)25(32)29(5)7-2/h10-11,13,15H,4,6-9,12,14H2,1-3,5H3,(H,28,31). The third kappa shape index (κ3) is 4.33. The van der Waals surface area contributed by atoms with Crippen molar-refractivity contribution in [3.8, 4) is 0 Å². The van der Waals surface area contributed by atoms with Gasteiger partial charge in [0.15, 0.2) is 0 Å². The Morgan fingerprint density at radius 3 is 2.62 bits per heavy atom. The lowest BCUT2D eigenvalue weighted by Gasteiger charge is -2.36. The van der Waals surface area contributed by atoms with E-state index in [1.165, 1.54) is 6.07 Å². The average molecular weight is 444 g/mol. The highest BCUT2D eigenvalue weighted by Gasteiger charge is 2.40. The van der Waals surface area contributed by atoms with Gasteiger partial charge in [-0.2, -0.15) is 0 Å². The zero-order valence-electron chi connectivity index (χ0n) is 19.2. The number of benzene rings is 1. The summed E-state index contributed by atoms with van der Waals surface area (Å²) in [5.41, 5.74) is 3.40. The SMILES string of the molecule is C=C1C(C(=O)NCc2ccc(F)cc2F)=C2CCCN2C(C(=O)N(C)CC)=C1C(C)CC. The number of carbonyl (C=O) groups is 2. The number of hydrogen-bond acceptors (Lipinski definition) is 3. The molecule has 32 heavy (non-hydrogen) atoms. The average Bonchev–Trinajstić information content (AvgIpc) is 3.24. The molecule has 1 N–H and O–H groups in total. The van der Waals surface area contributed by atoms with Gasteiger partial charge in [0, 0.05) is 44.0 Å². The van der Waals surface area contributed by atoms with Crippen LogP contribution in [0.25, 0.3) is 0 Å². The Labute approximate surface area is 188 Å². The van der Waals surface area contributed by atoms with Crippen molar-refractivity contribution in [2.75, 3.05) is 20.1 Å². The lowest BCUT2D eigenvalue weighted by molar-refractivity contribution is -0.127. The lowest BCUT2D eigenvalue weighted by atomic mass is 9.82. The lowest BCUT2D eigenvalue weighted by Crippen LogP contribution is -2.40. The molecule has 1 fully saturated rings. The first-order valence-corrected chi connectivity index (χ1v) is 11.1. The fourth-order valence-electron chi connectivity index (χ4n) is 4.27. The summed E-state index contributed by atoms with van der Waals surface area (Å²) in [7, 11) is 1.77. The third-order valence-electron chi connectivity index (χ3n) is 6.37. The summed E-state index contributed by atoms with van der Waals surface area (Å²) in [6, 6.07) is 3.28. The van der Waals surface area contributed by atoms with E-state index >= 15 is 0 Å². The molecule has 2 heterocycles. The first kappa shape index (κ1) is 23.7. The maximum absolute atomic E-state index is 14.0. The highest BCUT2D eigenvalue weighted by molar-refractivity contribution is 6.04. The Morgan fingerprint density at radius 2 is 2.00 bits per heavy atom. The molecule has 0 saturated carbocycles. The molecule has 0 spiro atoms. The normalized spacial score (nSPS) is 16.9. The van der Waals surface area contributed by atoms with E-state index in [1.807, 2.05) is 25.7 Å². The zero-order valence-corrected chi connectivity index (χ0v) is 19.2. The number of nitrogens with one attached hydrogen (secondary N) is 1. The van der Waals surface area contributed by atoms with Crippen LogP contribution in [0.1, 0.15) is 45.6 Å². The highest BCUT2D eigenvalue weighted by atomic mass is 19.1. The van der Waals surface area contributed by atoms with Gasteiger partial charge in [-0.3, -0.25) is 9.59 Å². The molecule has 5 nitrogen and oxygen atoms in total. The largest absolute Gasteiger partial charge is 0.348 e. The van der Waals surface area contributed by atoms with Crippen LogP contribution in [0.15, 0.2) is 52.9 Å². The fraction of sp³-hybridized carbons (Fsp3) is 0.440. The second kappa shape index (κ2) is 9.67. The minimum absolute atomic E-state index is 0.0335. The van der Waals surface area contributed by atoms with Crippen molar-refractivity contribution in [3.05, 3.63) is 70.1 Å². The van der Waals surface area contributed by atoms with Crippen LogP contribution in [-0.4, -0.2) is 41.8 Å². The van der Waals surface area contributed by atoms with Gasteiger partial charge < -0.3 is 15.1 Å². The van der Waals surface area contributed by atoms with E-state index in [-0.39, 0.29) is 29.8 Å². The van der Waals surface area contributed by atoms with Gasteiger partial charge in [-0.25, -0.2) is 8.78 Å². The van der Waals surface area contributed by atoms with Crippen molar-refractivity contribution in [1.82, 2.24) is 15.1 Å². The van der Waals surface area contributed by atoms with E-state index in [1.54, 1.807) is 11.9 Å². The summed E-state index contributed by atoms with van der Waals surface area (Å²) in [4.78, 5) is 30.2. The molecule has 1 atom stereocenters. The number of hydrogen-bond donors (Lipinski definition) is 1. The van der Waals surface area contributed by atoms with Gasteiger partial charge in [0.2, 0.25) is 0 Å². The van der Waals surface area contributed by atoms with Crippen molar-refractivity contribution in [3.63, 3.8) is 0 Å². The molecule has 0 radical (unpaired) electrons. The summed E-state index contributed by atoms with van der Waals surface area (Å²) in [6.07, 6.45) is 2.28. The van der Waals surface area contributed by atoms with Crippen LogP contribution >= 0.6 is 0 Å². The van der Waals surface area contributed by atoms with Crippen molar-refractivity contribution >= 4 is 11.8 Å². The Kier molecular flexibility index (Phi) is 7.16. The quantitative estimate of drug-likeness (QED) is 0.685. The minimum atomic E-state index is -0.705. The predicted octanol–water partition coefficient (Wildman–Crippen LogP) is 4.28. The van der Waals surface area contributed by atoms with Gasteiger partial charge >= 0.3 is 0 Å². The summed E-state index contributed by atoms with van der Waals surface area (Å²) in [5, 5.41) is 2.76. The summed E-state index contributed by atoms with van der Waals surface area (Å²) >= 11 is 0. The maximum Gasteiger partial charge on any atom is 0.270 e. The van der Waals surface area contributed by atoms with Crippen LogP contribution in [0.4, 0.5) is 8.78 Å². The molecule has 1 aromatic carbocycles. The second-order valence-corrected chi connectivity index (χ2v) is 8.36. The van der Waals surface area contributed by atoms with Gasteiger partial charge in [-0.1, -0.05) is 26.5 Å². The van der Waals surface area contributed by atoms with Crippen molar-refractivity contribution in [1.29, 1.82) is 0 Å². The third-order valence-corrected chi connectivity index (χ3v) is 6.37. The van der Waals surface area contributed by atoms with E-state index in [2.05, 4.69) is 11.9 Å². The smallest absolute Gasteiger partial charge is 0.270 e. The number of amides is 2. The number of allylic oxidation sites excluding steroid dienone is 2. The predicted molar refractivity (Wildman–Crippen MR) is 120 cm³/mol. The minimum Gasteiger partial charge on any atom is -0.348 e. The Bertz CT molecular complexity index is 1010.